The highest BCUT2D eigenvalue weighted by Crippen LogP contribution is 2.23. The molecule has 1 aromatic heterocycles. The van der Waals surface area contributed by atoms with Gasteiger partial charge in [-0.05, 0) is 44.5 Å². The summed E-state index contributed by atoms with van der Waals surface area (Å²) in [5, 5.41) is 2.85. The van der Waals surface area contributed by atoms with Crippen LogP contribution in [0.25, 0.3) is 5.69 Å². The first-order valence-corrected chi connectivity index (χ1v) is 10.3. The highest BCUT2D eigenvalue weighted by molar-refractivity contribution is 9.10. The van der Waals surface area contributed by atoms with Gasteiger partial charge in [-0.3, -0.25) is 4.79 Å². The van der Waals surface area contributed by atoms with Crippen LogP contribution in [0.2, 0.25) is 0 Å². The minimum atomic E-state index is -3.01. The molecule has 1 fully saturated rings. The number of halogens is 1. The van der Waals surface area contributed by atoms with Gasteiger partial charge in [-0.15, -0.1) is 0 Å². The number of nitrogens with one attached hydrogen (secondary N) is 1. The van der Waals surface area contributed by atoms with Crippen LogP contribution in [-0.2, 0) is 9.84 Å². The Labute approximate surface area is 150 Å². The number of carbonyl (C=O) groups is 1. The monoisotopic (exact) mass is 410 g/mol. The van der Waals surface area contributed by atoms with Crippen LogP contribution >= 0.6 is 15.9 Å². The Morgan fingerprint density at radius 1 is 1.29 bits per heavy atom. The second-order valence-electron chi connectivity index (χ2n) is 6.17. The van der Waals surface area contributed by atoms with E-state index in [1.165, 1.54) is 0 Å². The maximum absolute atomic E-state index is 12.6. The average molecular weight is 411 g/mol. The highest BCUT2D eigenvalue weighted by atomic mass is 79.9. The first-order valence-electron chi connectivity index (χ1n) is 7.73. The molecule has 1 aromatic carbocycles. The molecular weight excluding hydrogens is 392 g/mol. The number of carbonyl (C=O) groups excluding carboxylic acids is 1. The lowest BCUT2D eigenvalue weighted by atomic mass is 10.2. The number of hydrogen-bond acceptors (Lipinski definition) is 3. The largest absolute Gasteiger partial charge is 0.348 e. The Hall–Kier alpha value is -1.60. The normalized spacial score (nSPS) is 19.4. The molecule has 5 nitrogen and oxygen atoms in total. The van der Waals surface area contributed by atoms with Gasteiger partial charge < -0.3 is 9.88 Å². The van der Waals surface area contributed by atoms with E-state index in [2.05, 4.69) is 21.2 Å². The first kappa shape index (κ1) is 17.2. The number of benzene rings is 1. The molecule has 1 aliphatic heterocycles. The zero-order chi connectivity index (χ0) is 17.5. The van der Waals surface area contributed by atoms with Gasteiger partial charge in [-0.2, -0.15) is 0 Å². The molecule has 1 atom stereocenters. The van der Waals surface area contributed by atoms with Gasteiger partial charge in [0.25, 0.3) is 5.91 Å². The summed E-state index contributed by atoms with van der Waals surface area (Å²) in [4.78, 5) is 12.6. The molecular formula is C17H19BrN2O3S. The SMILES string of the molecule is Cc1cc(C(=O)N[C@@H]2CCS(=O)(=O)C2)c(C)n1-c1cccc(Br)c1. The third kappa shape index (κ3) is 3.42. The Morgan fingerprint density at radius 3 is 2.67 bits per heavy atom. The number of nitrogens with zero attached hydrogens (tertiary/aromatic N) is 1. The Balaban J connectivity index is 1.87. The lowest BCUT2D eigenvalue weighted by molar-refractivity contribution is 0.0940. The van der Waals surface area contributed by atoms with Crippen LogP contribution in [0.15, 0.2) is 34.8 Å². The number of rotatable bonds is 3. The van der Waals surface area contributed by atoms with Gasteiger partial charge in [0, 0.05) is 27.6 Å². The van der Waals surface area contributed by atoms with E-state index in [9.17, 15) is 13.2 Å². The topological polar surface area (TPSA) is 68.2 Å². The fourth-order valence-electron chi connectivity index (χ4n) is 3.18. The summed E-state index contributed by atoms with van der Waals surface area (Å²) in [6, 6.07) is 9.42. The Bertz CT molecular complexity index is 903. The molecule has 1 N–H and O–H groups in total. The zero-order valence-corrected chi connectivity index (χ0v) is 15.9. The van der Waals surface area contributed by atoms with Crippen molar-refractivity contribution in [2.45, 2.75) is 26.3 Å². The van der Waals surface area contributed by atoms with Crippen molar-refractivity contribution in [3.63, 3.8) is 0 Å². The third-order valence-electron chi connectivity index (χ3n) is 4.31. The van der Waals surface area contributed by atoms with E-state index < -0.39 is 9.84 Å². The number of aryl methyl sites for hydroxylation is 1. The Morgan fingerprint density at radius 2 is 2.04 bits per heavy atom. The summed E-state index contributed by atoms with van der Waals surface area (Å²) in [6.07, 6.45) is 0.485. The molecule has 3 rings (SSSR count). The van der Waals surface area contributed by atoms with Crippen LogP contribution in [0.5, 0.6) is 0 Å². The van der Waals surface area contributed by atoms with Crippen molar-refractivity contribution in [2.75, 3.05) is 11.5 Å². The van der Waals surface area contributed by atoms with Crippen LogP contribution in [0, 0.1) is 13.8 Å². The maximum Gasteiger partial charge on any atom is 0.253 e. The van der Waals surface area contributed by atoms with Crippen molar-refractivity contribution in [3.05, 3.63) is 51.8 Å². The summed E-state index contributed by atoms with van der Waals surface area (Å²) in [5.41, 5.74) is 3.34. The first-order chi connectivity index (χ1) is 11.3. The summed E-state index contributed by atoms with van der Waals surface area (Å²) in [6.45, 7) is 3.85. The molecule has 0 bridgehead atoms. The predicted molar refractivity (Wildman–Crippen MR) is 97.5 cm³/mol. The lowest BCUT2D eigenvalue weighted by Crippen LogP contribution is -2.35. The molecule has 0 spiro atoms. The van der Waals surface area contributed by atoms with Crippen molar-refractivity contribution in [2.24, 2.45) is 0 Å². The van der Waals surface area contributed by atoms with Crippen molar-refractivity contribution in [3.8, 4) is 5.69 Å². The van der Waals surface area contributed by atoms with E-state index in [0.717, 1.165) is 21.5 Å². The van der Waals surface area contributed by atoms with Gasteiger partial charge >= 0.3 is 0 Å². The summed E-state index contributed by atoms with van der Waals surface area (Å²) in [5.74, 6) is -0.0376. The van der Waals surface area contributed by atoms with E-state index in [-0.39, 0.29) is 23.5 Å². The standard InChI is InChI=1S/C17H19BrN2O3S/c1-11-8-16(17(21)19-14-6-7-24(22,23)10-14)12(2)20(11)15-5-3-4-13(18)9-15/h3-5,8-9,14H,6-7,10H2,1-2H3,(H,19,21)/t14-/m1/s1. The van der Waals surface area contributed by atoms with Gasteiger partial charge in [-0.25, -0.2) is 8.42 Å². The fraction of sp³-hybridized carbons (Fsp3) is 0.353. The molecule has 2 aromatic rings. The second-order valence-corrected chi connectivity index (χ2v) is 9.32. The van der Waals surface area contributed by atoms with Crippen molar-refractivity contribution in [1.29, 1.82) is 0 Å². The minimum Gasteiger partial charge on any atom is -0.348 e. The molecule has 7 heteroatoms. The molecule has 1 amide bonds. The van der Waals surface area contributed by atoms with E-state index in [1.807, 2.05) is 48.7 Å². The zero-order valence-electron chi connectivity index (χ0n) is 13.5. The summed E-state index contributed by atoms with van der Waals surface area (Å²) >= 11 is 3.46. The maximum atomic E-state index is 12.6. The Kier molecular flexibility index (Phi) is 4.57. The molecule has 1 saturated heterocycles. The predicted octanol–water partition coefficient (Wildman–Crippen LogP) is 2.77. The molecule has 0 aliphatic carbocycles. The molecule has 2 heterocycles. The van der Waals surface area contributed by atoms with E-state index in [1.54, 1.807) is 0 Å². The summed E-state index contributed by atoms with van der Waals surface area (Å²) < 4.78 is 26.1. The van der Waals surface area contributed by atoms with Crippen LogP contribution in [0.1, 0.15) is 28.2 Å². The quantitative estimate of drug-likeness (QED) is 0.845. The number of hydrogen-bond donors (Lipinski definition) is 1. The smallest absolute Gasteiger partial charge is 0.253 e. The second kappa shape index (κ2) is 6.37. The molecule has 128 valence electrons. The minimum absolute atomic E-state index is 0.0309. The van der Waals surface area contributed by atoms with E-state index >= 15 is 0 Å². The van der Waals surface area contributed by atoms with Crippen molar-refractivity contribution < 1.29 is 13.2 Å². The number of aromatic nitrogens is 1. The molecule has 24 heavy (non-hydrogen) atoms. The van der Waals surface area contributed by atoms with Crippen LogP contribution < -0.4 is 5.32 Å². The van der Waals surface area contributed by atoms with Gasteiger partial charge in [0.15, 0.2) is 9.84 Å². The van der Waals surface area contributed by atoms with Gasteiger partial charge in [0.2, 0.25) is 0 Å². The van der Waals surface area contributed by atoms with Crippen LogP contribution in [-0.4, -0.2) is 36.4 Å². The fourth-order valence-corrected chi connectivity index (χ4v) is 5.24. The summed E-state index contributed by atoms with van der Waals surface area (Å²) in [7, 11) is -3.01. The highest BCUT2D eigenvalue weighted by Gasteiger charge is 2.30. The van der Waals surface area contributed by atoms with Crippen molar-refractivity contribution in [1.82, 2.24) is 9.88 Å². The third-order valence-corrected chi connectivity index (χ3v) is 6.57. The van der Waals surface area contributed by atoms with Crippen LogP contribution in [0.3, 0.4) is 0 Å². The average Bonchev–Trinajstić information content (AvgIpc) is 2.98. The number of sulfone groups is 1. The molecule has 0 saturated carbocycles. The molecule has 0 radical (unpaired) electrons. The van der Waals surface area contributed by atoms with E-state index in [4.69, 9.17) is 0 Å². The van der Waals surface area contributed by atoms with Crippen molar-refractivity contribution >= 4 is 31.7 Å². The van der Waals surface area contributed by atoms with Crippen LogP contribution in [0.4, 0.5) is 0 Å². The molecule has 0 unspecified atom stereocenters. The lowest BCUT2D eigenvalue weighted by Gasteiger charge is -2.12. The molecule has 1 aliphatic rings. The van der Waals surface area contributed by atoms with Gasteiger partial charge in [0.1, 0.15) is 0 Å². The van der Waals surface area contributed by atoms with Gasteiger partial charge in [-0.1, -0.05) is 22.0 Å². The number of amides is 1. The van der Waals surface area contributed by atoms with Gasteiger partial charge in [0.05, 0.1) is 17.1 Å². The van der Waals surface area contributed by atoms with E-state index in [0.29, 0.717) is 12.0 Å².